The molecule has 21 heavy (non-hydrogen) atoms. The predicted molar refractivity (Wildman–Crippen MR) is 84.7 cm³/mol. The van der Waals surface area contributed by atoms with Crippen molar-refractivity contribution < 1.29 is 4.79 Å². The van der Waals surface area contributed by atoms with Crippen LogP contribution in [0.4, 0.5) is 16.2 Å². The van der Waals surface area contributed by atoms with E-state index in [9.17, 15) is 4.79 Å². The number of carbonyl (C=O) groups is 1. The van der Waals surface area contributed by atoms with E-state index >= 15 is 0 Å². The Hall–Kier alpha value is -2.51. The molecule has 0 fully saturated rings. The molecule has 0 aliphatic rings. The molecular formula is C16H14ClN3O. The van der Waals surface area contributed by atoms with Crippen molar-refractivity contribution in [3.05, 3.63) is 58.1 Å². The number of benzene rings is 2. The van der Waals surface area contributed by atoms with Crippen LogP contribution in [0.3, 0.4) is 0 Å². The number of carbonyl (C=O) groups excluding carboxylic acids is 1. The largest absolute Gasteiger partial charge is 0.323 e. The minimum atomic E-state index is -0.438. The van der Waals surface area contributed by atoms with Gasteiger partial charge in [-0.05, 0) is 43.2 Å². The van der Waals surface area contributed by atoms with Crippen LogP contribution in [-0.4, -0.2) is 6.03 Å². The Morgan fingerprint density at radius 2 is 1.90 bits per heavy atom. The minimum Gasteiger partial charge on any atom is -0.306 e. The summed E-state index contributed by atoms with van der Waals surface area (Å²) in [5.74, 6) is 0. The molecule has 4 nitrogen and oxygen atoms in total. The number of urea groups is 1. The second kappa shape index (κ2) is 6.29. The maximum absolute atomic E-state index is 12.0. The summed E-state index contributed by atoms with van der Waals surface area (Å²) in [7, 11) is 0. The monoisotopic (exact) mass is 299 g/mol. The Morgan fingerprint density at radius 3 is 2.57 bits per heavy atom. The molecule has 2 N–H and O–H groups in total. The van der Waals surface area contributed by atoms with Crippen LogP contribution in [0, 0.1) is 25.2 Å². The van der Waals surface area contributed by atoms with Gasteiger partial charge in [-0.2, -0.15) is 5.26 Å². The zero-order chi connectivity index (χ0) is 15.4. The van der Waals surface area contributed by atoms with Crippen molar-refractivity contribution in [2.24, 2.45) is 0 Å². The molecule has 0 aliphatic carbocycles. The third-order valence-electron chi connectivity index (χ3n) is 2.97. The third kappa shape index (κ3) is 3.53. The van der Waals surface area contributed by atoms with Gasteiger partial charge >= 0.3 is 6.03 Å². The number of nitriles is 1. The summed E-state index contributed by atoms with van der Waals surface area (Å²) < 4.78 is 0. The summed E-state index contributed by atoms with van der Waals surface area (Å²) in [6.45, 7) is 3.81. The lowest BCUT2D eigenvalue weighted by molar-refractivity contribution is 0.262. The fourth-order valence-corrected chi connectivity index (χ4v) is 2.40. The van der Waals surface area contributed by atoms with Crippen LogP contribution in [0.2, 0.25) is 5.02 Å². The van der Waals surface area contributed by atoms with E-state index < -0.39 is 6.03 Å². The maximum atomic E-state index is 12.0. The molecule has 0 unspecified atom stereocenters. The molecule has 0 radical (unpaired) electrons. The molecule has 0 aromatic heterocycles. The number of hydrogen-bond donors (Lipinski definition) is 2. The molecule has 0 bridgehead atoms. The van der Waals surface area contributed by atoms with E-state index in [1.807, 2.05) is 26.0 Å². The van der Waals surface area contributed by atoms with Gasteiger partial charge in [0.15, 0.2) is 0 Å². The Kier molecular flexibility index (Phi) is 4.46. The molecule has 0 saturated heterocycles. The van der Waals surface area contributed by atoms with E-state index in [4.69, 9.17) is 16.9 Å². The average Bonchev–Trinajstić information content (AvgIpc) is 2.43. The molecule has 5 heteroatoms. The zero-order valence-corrected chi connectivity index (χ0v) is 12.5. The molecule has 0 heterocycles. The van der Waals surface area contributed by atoms with Crippen molar-refractivity contribution in [1.29, 1.82) is 5.26 Å². The smallest absolute Gasteiger partial charge is 0.306 e. The number of nitrogens with zero attached hydrogens (tertiary/aromatic N) is 1. The number of anilines is 2. The molecule has 0 aliphatic heterocycles. The van der Waals surface area contributed by atoms with E-state index in [0.717, 1.165) is 11.1 Å². The number of nitrogens with one attached hydrogen (secondary N) is 2. The van der Waals surface area contributed by atoms with Gasteiger partial charge < -0.3 is 10.6 Å². The summed E-state index contributed by atoms with van der Waals surface area (Å²) in [6.07, 6.45) is 0. The molecule has 2 amide bonds. The summed E-state index contributed by atoms with van der Waals surface area (Å²) in [5.41, 5.74) is 3.33. The van der Waals surface area contributed by atoms with Gasteiger partial charge in [-0.15, -0.1) is 0 Å². The molecule has 0 atom stereocenters. The Labute approximate surface area is 128 Å². The van der Waals surface area contributed by atoms with E-state index in [0.29, 0.717) is 22.0 Å². The van der Waals surface area contributed by atoms with Gasteiger partial charge in [-0.25, -0.2) is 4.79 Å². The number of para-hydroxylation sites is 1. The normalized spacial score (nSPS) is 9.81. The van der Waals surface area contributed by atoms with E-state index in [-0.39, 0.29) is 0 Å². The highest BCUT2D eigenvalue weighted by molar-refractivity contribution is 6.34. The molecular weight excluding hydrogens is 286 g/mol. The number of rotatable bonds is 2. The predicted octanol–water partition coefficient (Wildman–Crippen LogP) is 4.47. The zero-order valence-electron chi connectivity index (χ0n) is 11.7. The standard InChI is InChI=1S/C16H14ClN3O/c1-10-7-11(2)15(13(17)8-10)20-16(21)19-14-6-4-3-5-12(14)9-18/h3-8H,1-2H3,(H2,19,20,21). The highest BCUT2D eigenvalue weighted by atomic mass is 35.5. The minimum absolute atomic E-state index is 0.402. The van der Waals surface area contributed by atoms with Gasteiger partial charge in [-0.3, -0.25) is 0 Å². The molecule has 2 aromatic carbocycles. The van der Waals surface area contributed by atoms with Gasteiger partial charge in [-0.1, -0.05) is 29.8 Å². The summed E-state index contributed by atoms with van der Waals surface area (Å²) >= 11 is 6.15. The Bertz CT molecular complexity index is 712. The second-order valence-corrected chi connectivity index (χ2v) is 5.08. The molecule has 2 aromatic rings. The topological polar surface area (TPSA) is 64.9 Å². The summed E-state index contributed by atoms with van der Waals surface area (Å²) in [6, 6.07) is 12.1. The van der Waals surface area contributed by atoms with Gasteiger partial charge in [0.05, 0.1) is 22.0 Å². The van der Waals surface area contributed by atoms with Crippen molar-refractivity contribution in [1.82, 2.24) is 0 Å². The quantitative estimate of drug-likeness (QED) is 0.859. The molecule has 0 saturated carbocycles. The van der Waals surface area contributed by atoms with Crippen LogP contribution in [-0.2, 0) is 0 Å². The first-order chi connectivity index (χ1) is 10.0. The van der Waals surface area contributed by atoms with Crippen molar-refractivity contribution in [2.45, 2.75) is 13.8 Å². The summed E-state index contributed by atoms with van der Waals surface area (Å²) in [5, 5.41) is 14.8. The van der Waals surface area contributed by atoms with Crippen LogP contribution in [0.25, 0.3) is 0 Å². The van der Waals surface area contributed by atoms with E-state index in [1.54, 1.807) is 30.3 Å². The average molecular weight is 300 g/mol. The fourth-order valence-electron chi connectivity index (χ4n) is 2.03. The second-order valence-electron chi connectivity index (χ2n) is 4.68. The summed E-state index contributed by atoms with van der Waals surface area (Å²) in [4.78, 5) is 12.0. The lowest BCUT2D eigenvalue weighted by Gasteiger charge is -2.13. The first kappa shape index (κ1) is 14.9. The maximum Gasteiger partial charge on any atom is 0.323 e. The number of hydrogen-bond acceptors (Lipinski definition) is 2. The molecule has 106 valence electrons. The van der Waals surface area contributed by atoms with Gasteiger partial charge in [0.2, 0.25) is 0 Å². The van der Waals surface area contributed by atoms with Crippen LogP contribution in [0.1, 0.15) is 16.7 Å². The number of halogens is 1. The molecule has 2 rings (SSSR count). The Balaban J connectivity index is 2.18. The lowest BCUT2D eigenvalue weighted by Crippen LogP contribution is -2.20. The number of amides is 2. The third-order valence-corrected chi connectivity index (χ3v) is 3.26. The highest BCUT2D eigenvalue weighted by Gasteiger charge is 2.11. The van der Waals surface area contributed by atoms with Gasteiger partial charge in [0.25, 0.3) is 0 Å². The van der Waals surface area contributed by atoms with Crippen LogP contribution in [0.15, 0.2) is 36.4 Å². The lowest BCUT2D eigenvalue weighted by atomic mass is 10.1. The van der Waals surface area contributed by atoms with Crippen LogP contribution in [0.5, 0.6) is 0 Å². The van der Waals surface area contributed by atoms with E-state index in [1.165, 1.54) is 0 Å². The fraction of sp³-hybridized carbons (Fsp3) is 0.125. The SMILES string of the molecule is Cc1cc(C)c(NC(=O)Nc2ccccc2C#N)c(Cl)c1. The van der Waals surface area contributed by atoms with Gasteiger partial charge in [0, 0.05) is 0 Å². The van der Waals surface area contributed by atoms with Crippen molar-refractivity contribution in [3.8, 4) is 6.07 Å². The Morgan fingerprint density at radius 1 is 1.19 bits per heavy atom. The van der Waals surface area contributed by atoms with Crippen molar-refractivity contribution in [3.63, 3.8) is 0 Å². The number of aryl methyl sites for hydroxylation is 2. The van der Waals surface area contributed by atoms with Crippen LogP contribution >= 0.6 is 11.6 Å². The van der Waals surface area contributed by atoms with E-state index in [2.05, 4.69) is 10.6 Å². The first-order valence-corrected chi connectivity index (χ1v) is 6.73. The van der Waals surface area contributed by atoms with Crippen molar-refractivity contribution in [2.75, 3.05) is 10.6 Å². The molecule has 0 spiro atoms. The van der Waals surface area contributed by atoms with Crippen LogP contribution < -0.4 is 10.6 Å². The van der Waals surface area contributed by atoms with Gasteiger partial charge in [0.1, 0.15) is 6.07 Å². The first-order valence-electron chi connectivity index (χ1n) is 6.35. The highest BCUT2D eigenvalue weighted by Crippen LogP contribution is 2.27. The van der Waals surface area contributed by atoms with Crippen molar-refractivity contribution >= 4 is 29.0 Å².